The molecule has 1 saturated heterocycles. The Morgan fingerprint density at radius 2 is 1.87 bits per heavy atom. The molecule has 1 aromatic carbocycles. The number of aliphatic hydroxyl groups excluding tert-OH is 1. The van der Waals surface area contributed by atoms with Gasteiger partial charge < -0.3 is 9.84 Å². The molecule has 23 heavy (non-hydrogen) atoms. The molecule has 0 bridgehead atoms. The number of nitrogens with zero attached hydrogens (tertiary/aromatic N) is 1. The molecule has 2 atom stereocenters. The van der Waals surface area contributed by atoms with Gasteiger partial charge in [0.1, 0.15) is 0 Å². The first-order valence-corrected chi connectivity index (χ1v) is 8.10. The molecule has 1 N–H and O–H groups in total. The second-order valence-electron chi connectivity index (χ2n) is 6.55. The molecular formula is C17H22F3NO2. The van der Waals surface area contributed by atoms with Crippen molar-refractivity contribution in [3.05, 3.63) is 35.4 Å². The fraction of sp³-hybridized carbons (Fsp3) is 0.647. The summed E-state index contributed by atoms with van der Waals surface area (Å²) >= 11 is 0. The number of rotatable bonds is 6. The highest BCUT2D eigenvalue weighted by Gasteiger charge is 2.33. The zero-order valence-corrected chi connectivity index (χ0v) is 12.9. The first kappa shape index (κ1) is 16.7. The smallest absolute Gasteiger partial charge is 0.387 e. The summed E-state index contributed by atoms with van der Waals surface area (Å²) in [4.78, 5) is 2.27. The van der Waals surface area contributed by atoms with Crippen LogP contribution in [0.4, 0.5) is 13.2 Å². The van der Waals surface area contributed by atoms with Crippen LogP contribution in [0.3, 0.4) is 0 Å². The number of halogens is 3. The molecule has 1 aromatic rings. The molecule has 0 aromatic heterocycles. The van der Waals surface area contributed by atoms with Crippen molar-refractivity contribution >= 4 is 0 Å². The highest BCUT2D eigenvalue weighted by molar-refractivity contribution is 5.26. The van der Waals surface area contributed by atoms with Crippen LogP contribution in [0.2, 0.25) is 0 Å². The lowest BCUT2D eigenvalue weighted by atomic mass is 10.0. The SMILES string of the molecule is O[C@@H](CN(C[C@@H]1CCOC1)C1CC1)c1ccc(C(F)(F)F)cc1. The minimum Gasteiger partial charge on any atom is -0.387 e. The summed E-state index contributed by atoms with van der Waals surface area (Å²) in [5.74, 6) is 0.496. The van der Waals surface area contributed by atoms with Crippen molar-refractivity contribution in [2.75, 3.05) is 26.3 Å². The van der Waals surface area contributed by atoms with Crippen molar-refractivity contribution in [1.29, 1.82) is 0 Å². The molecule has 0 amide bonds. The molecule has 1 aliphatic heterocycles. The van der Waals surface area contributed by atoms with Crippen molar-refractivity contribution < 1.29 is 23.0 Å². The molecule has 0 radical (unpaired) electrons. The van der Waals surface area contributed by atoms with Gasteiger partial charge in [-0.05, 0) is 42.9 Å². The van der Waals surface area contributed by atoms with Gasteiger partial charge in [-0.1, -0.05) is 12.1 Å². The molecule has 0 spiro atoms. The fourth-order valence-electron chi connectivity index (χ4n) is 3.09. The van der Waals surface area contributed by atoms with E-state index in [1.165, 1.54) is 12.1 Å². The molecule has 3 nitrogen and oxygen atoms in total. The topological polar surface area (TPSA) is 32.7 Å². The summed E-state index contributed by atoms with van der Waals surface area (Å²) < 4.78 is 43.2. The van der Waals surface area contributed by atoms with E-state index in [9.17, 15) is 18.3 Å². The third-order valence-corrected chi connectivity index (χ3v) is 4.61. The molecule has 1 saturated carbocycles. The number of hydrogen-bond donors (Lipinski definition) is 1. The molecule has 2 fully saturated rings. The van der Waals surface area contributed by atoms with E-state index in [0.29, 0.717) is 24.1 Å². The minimum atomic E-state index is -4.34. The van der Waals surface area contributed by atoms with E-state index in [-0.39, 0.29) is 0 Å². The van der Waals surface area contributed by atoms with Crippen LogP contribution in [0.25, 0.3) is 0 Å². The Morgan fingerprint density at radius 3 is 2.39 bits per heavy atom. The van der Waals surface area contributed by atoms with E-state index < -0.39 is 17.8 Å². The quantitative estimate of drug-likeness (QED) is 0.870. The Hall–Kier alpha value is -1.11. The van der Waals surface area contributed by atoms with Gasteiger partial charge in [0.25, 0.3) is 0 Å². The van der Waals surface area contributed by atoms with Crippen LogP contribution < -0.4 is 0 Å². The van der Waals surface area contributed by atoms with Crippen molar-refractivity contribution in [3.8, 4) is 0 Å². The van der Waals surface area contributed by atoms with Gasteiger partial charge in [-0.25, -0.2) is 0 Å². The molecule has 0 unspecified atom stereocenters. The molecule has 1 aliphatic carbocycles. The molecular weight excluding hydrogens is 307 g/mol. The van der Waals surface area contributed by atoms with Crippen molar-refractivity contribution in [2.45, 2.75) is 37.6 Å². The molecule has 128 valence electrons. The van der Waals surface area contributed by atoms with Gasteiger partial charge in [0.05, 0.1) is 18.3 Å². The first-order chi connectivity index (χ1) is 10.9. The molecule has 3 rings (SSSR count). The van der Waals surface area contributed by atoms with Crippen LogP contribution >= 0.6 is 0 Å². The largest absolute Gasteiger partial charge is 0.416 e. The van der Waals surface area contributed by atoms with Gasteiger partial charge >= 0.3 is 6.18 Å². The van der Waals surface area contributed by atoms with Crippen molar-refractivity contribution in [2.24, 2.45) is 5.92 Å². The Balaban J connectivity index is 1.60. The Labute approximate surface area is 134 Å². The zero-order valence-electron chi connectivity index (χ0n) is 12.9. The lowest BCUT2D eigenvalue weighted by Gasteiger charge is -2.27. The number of ether oxygens (including phenoxy) is 1. The maximum atomic E-state index is 12.6. The predicted octanol–water partition coefficient (Wildman–Crippen LogP) is 3.24. The van der Waals surface area contributed by atoms with Gasteiger partial charge in [-0.15, -0.1) is 0 Å². The van der Waals surface area contributed by atoms with Gasteiger partial charge in [0.2, 0.25) is 0 Å². The van der Waals surface area contributed by atoms with E-state index >= 15 is 0 Å². The zero-order chi connectivity index (χ0) is 16.4. The van der Waals surface area contributed by atoms with E-state index in [2.05, 4.69) is 4.90 Å². The maximum absolute atomic E-state index is 12.6. The van der Waals surface area contributed by atoms with Crippen LogP contribution in [0, 0.1) is 5.92 Å². The summed E-state index contributed by atoms with van der Waals surface area (Å²) in [6.07, 6.45) is -1.80. The van der Waals surface area contributed by atoms with Gasteiger partial charge in [0.15, 0.2) is 0 Å². The average molecular weight is 329 g/mol. The van der Waals surface area contributed by atoms with E-state index in [4.69, 9.17) is 4.74 Å². The predicted molar refractivity (Wildman–Crippen MR) is 79.9 cm³/mol. The highest BCUT2D eigenvalue weighted by atomic mass is 19.4. The van der Waals surface area contributed by atoms with Crippen molar-refractivity contribution in [3.63, 3.8) is 0 Å². The van der Waals surface area contributed by atoms with Crippen molar-refractivity contribution in [1.82, 2.24) is 4.90 Å². The standard InChI is InChI=1S/C17H22F3NO2/c18-17(19,20)14-3-1-13(2-4-14)16(22)10-21(15-5-6-15)9-12-7-8-23-11-12/h1-4,12,15-16,22H,5-11H2/t12-,16-/m0/s1. The molecule has 1 heterocycles. The third-order valence-electron chi connectivity index (χ3n) is 4.61. The number of aliphatic hydroxyl groups is 1. The summed E-state index contributed by atoms with van der Waals surface area (Å²) in [5, 5.41) is 10.4. The Bertz CT molecular complexity index is 508. The average Bonchev–Trinajstić information content (AvgIpc) is 3.24. The number of benzene rings is 1. The van der Waals surface area contributed by atoms with E-state index in [1.807, 2.05) is 0 Å². The molecule has 6 heteroatoms. The monoisotopic (exact) mass is 329 g/mol. The van der Waals surface area contributed by atoms with Gasteiger partial charge in [-0.2, -0.15) is 13.2 Å². The third kappa shape index (κ3) is 4.46. The Kier molecular flexibility index (Phi) is 4.94. The van der Waals surface area contributed by atoms with Crippen LogP contribution in [-0.2, 0) is 10.9 Å². The van der Waals surface area contributed by atoms with Gasteiger partial charge in [0, 0.05) is 25.7 Å². The Morgan fingerprint density at radius 1 is 1.17 bits per heavy atom. The fourth-order valence-corrected chi connectivity index (χ4v) is 3.09. The summed E-state index contributed by atoms with van der Waals surface area (Å²) in [5.41, 5.74) is -0.151. The second-order valence-corrected chi connectivity index (χ2v) is 6.55. The summed E-state index contributed by atoms with van der Waals surface area (Å²) in [7, 11) is 0. The first-order valence-electron chi connectivity index (χ1n) is 8.10. The number of alkyl halides is 3. The van der Waals surface area contributed by atoms with E-state index in [0.717, 1.165) is 51.2 Å². The lowest BCUT2D eigenvalue weighted by molar-refractivity contribution is -0.137. The van der Waals surface area contributed by atoms with Crippen LogP contribution in [-0.4, -0.2) is 42.4 Å². The number of hydrogen-bond acceptors (Lipinski definition) is 3. The lowest BCUT2D eigenvalue weighted by Crippen LogP contribution is -2.35. The minimum absolute atomic E-state index is 0.465. The molecule has 2 aliphatic rings. The summed E-state index contributed by atoms with van der Waals surface area (Å²) in [6, 6.07) is 5.31. The summed E-state index contributed by atoms with van der Waals surface area (Å²) in [6.45, 7) is 2.92. The second kappa shape index (κ2) is 6.79. The normalized spacial score (nSPS) is 23.4. The van der Waals surface area contributed by atoms with E-state index in [1.54, 1.807) is 0 Å². The maximum Gasteiger partial charge on any atom is 0.416 e. The van der Waals surface area contributed by atoms with Crippen LogP contribution in [0.5, 0.6) is 0 Å². The van der Waals surface area contributed by atoms with Crippen LogP contribution in [0.1, 0.15) is 36.5 Å². The van der Waals surface area contributed by atoms with Gasteiger partial charge in [-0.3, -0.25) is 4.90 Å². The highest BCUT2D eigenvalue weighted by Crippen LogP contribution is 2.32. The van der Waals surface area contributed by atoms with Crippen LogP contribution in [0.15, 0.2) is 24.3 Å².